The first-order valence-corrected chi connectivity index (χ1v) is 8.81. The molecular formula is C18H14N4O3S. The average molecular weight is 366 g/mol. The third-order valence-electron chi connectivity index (χ3n) is 4.05. The van der Waals surface area contributed by atoms with Gasteiger partial charge in [-0.1, -0.05) is 42.1 Å². The van der Waals surface area contributed by atoms with Crippen molar-refractivity contribution >= 4 is 28.4 Å². The summed E-state index contributed by atoms with van der Waals surface area (Å²) in [5.74, 6) is 0.441. The summed E-state index contributed by atoms with van der Waals surface area (Å²) < 4.78 is 5.79. The van der Waals surface area contributed by atoms with E-state index in [0.29, 0.717) is 11.1 Å². The lowest BCUT2D eigenvalue weighted by molar-refractivity contribution is -0.384. The number of nitrogens with one attached hydrogen (secondary N) is 1. The fourth-order valence-electron chi connectivity index (χ4n) is 2.73. The van der Waals surface area contributed by atoms with Gasteiger partial charge < -0.3 is 9.40 Å². The van der Waals surface area contributed by atoms with Gasteiger partial charge in [0.05, 0.1) is 10.5 Å². The SMILES string of the molecule is C[C@H](Sc1nnc(-c2c[nH]c3ccccc23)o1)c1cccc([N+](=O)[O-])c1. The van der Waals surface area contributed by atoms with Crippen LogP contribution in [0.4, 0.5) is 5.69 Å². The molecule has 0 radical (unpaired) electrons. The maximum Gasteiger partial charge on any atom is 0.277 e. The van der Waals surface area contributed by atoms with E-state index < -0.39 is 4.92 Å². The van der Waals surface area contributed by atoms with E-state index >= 15 is 0 Å². The molecule has 2 aromatic carbocycles. The highest BCUT2D eigenvalue weighted by atomic mass is 32.2. The number of nitrogens with zero attached hydrogens (tertiary/aromatic N) is 3. The molecule has 26 heavy (non-hydrogen) atoms. The molecule has 4 rings (SSSR count). The van der Waals surface area contributed by atoms with E-state index in [1.54, 1.807) is 12.1 Å². The number of nitro benzene ring substituents is 1. The predicted octanol–water partition coefficient (Wildman–Crippen LogP) is 4.98. The molecule has 1 atom stereocenters. The molecule has 2 aromatic heterocycles. The Kier molecular flexibility index (Phi) is 4.18. The molecule has 1 N–H and O–H groups in total. The first kappa shape index (κ1) is 16.3. The van der Waals surface area contributed by atoms with Gasteiger partial charge in [0.25, 0.3) is 16.8 Å². The van der Waals surface area contributed by atoms with Crippen molar-refractivity contribution in [3.05, 3.63) is 70.4 Å². The maximum atomic E-state index is 10.9. The fraction of sp³-hybridized carbons (Fsp3) is 0.111. The first-order valence-electron chi connectivity index (χ1n) is 7.93. The summed E-state index contributed by atoms with van der Waals surface area (Å²) in [4.78, 5) is 13.7. The number of rotatable bonds is 5. The van der Waals surface area contributed by atoms with E-state index in [2.05, 4.69) is 15.2 Å². The number of hydrogen-bond donors (Lipinski definition) is 1. The number of para-hydroxylation sites is 1. The minimum absolute atomic E-state index is 0.0637. The number of aromatic amines is 1. The number of H-pyrrole nitrogens is 1. The van der Waals surface area contributed by atoms with Gasteiger partial charge in [0.2, 0.25) is 0 Å². The van der Waals surface area contributed by atoms with Gasteiger partial charge in [0.1, 0.15) is 0 Å². The molecule has 0 amide bonds. The molecule has 130 valence electrons. The topological polar surface area (TPSA) is 97.8 Å². The molecule has 2 heterocycles. The van der Waals surface area contributed by atoms with Gasteiger partial charge in [0, 0.05) is 34.5 Å². The molecule has 0 fully saturated rings. The van der Waals surface area contributed by atoms with Crippen LogP contribution in [0.2, 0.25) is 0 Å². The van der Waals surface area contributed by atoms with Crippen LogP contribution in [0, 0.1) is 10.1 Å². The summed E-state index contributed by atoms with van der Waals surface area (Å²) in [5, 5.41) is 20.5. The monoisotopic (exact) mass is 366 g/mol. The number of non-ortho nitro benzene ring substituents is 1. The molecule has 0 spiro atoms. The summed E-state index contributed by atoms with van der Waals surface area (Å²) in [6.45, 7) is 1.94. The normalized spacial score (nSPS) is 12.3. The molecule has 0 aliphatic rings. The molecule has 0 saturated carbocycles. The molecule has 8 heteroatoms. The fourth-order valence-corrected chi connectivity index (χ4v) is 3.53. The molecule has 7 nitrogen and oxygen atoms in total. The zero-order chi connectivity index (χ0) is 18.1. The van der Waals surface area contributed by atoms with Crippen molar-refractivity contribution in [3.63, 3.8) is 0 Å². The van der Waals surface area contributed by atoms with Crippen LogP contribution >= 0.6 is 11.8 Å². The number of fused-ring (bicyclic) bond motifs is 1. The Balaban J connectivity index is 1.57. The summed E-state index contributed by atoms with van der Waals surface area (Å²) in [7, 11) is 0. The number of aromatic nitrogens is 3. The molecule has 4 aromatic rings. The lowest BCUT2D eigenvalue weighted by atomic mass is 10.1. The minimum Gasteiger partial charge on any atom is -0.411 e. The van der Waals surface area contributed by atoms with Crippen LogP contribution in [0.3, 0.4) is 0 Å². The van der Waals surface area contributed by atoms with Crippen molar-refractivity contribution in [2.24, 2.45) is 0 Å². The second-order valence-corrected chi connectivity index (χ2v) is 7.03. The Morgan fingerprint density at radius 1 is 1.19 bits per heavy atom. The average Bonchev–Trinajstić information content (AvgIpc) is 3.28. The zero-order valence-electron chi connectivity index (χ0n) is 13.7. The predicted molar refractivity (Wildman–Crippen MR) is 99.0 cm³/mol. The smallest absolute Gasteiger partial charge is 0.277 e. The second kappa shape index (κ2) is 6.64. The van der Waals surface area contributed by atoms with Gasteiger partial charge in [-0.3, -0.25) is 10.1 Å². The van der Waals surface area contributed by atoms with E-state index in [9.17, 15) is 10.1 Å². The van der Waals surface area contributed by atoms with Crippen LogP contribution in [0.1, 0.15) is 17.7 Å². The summed E-state index contributed by atoms with van der Waals surface area (Å²) in [5.41, 5.74) is 2.75. The van der Waals surface area contributed by atoms with Crippen LogP contribution in [0.25, 0.3) is 22.4 Å². The highest BCUT2D eigenvalue weighted by molar-refractivity contribution is 7.99. The van der Waals surface area contributed by atoms with E-state index in [-0.39, 0.29) is 10.9 Å². The minimum atomic E-state index is -0.400. The van der Waals surface area contributed by atoms with Gasteiger partial charge in [0.15, 0.2) is 0 Å². The summed E-state index contributed by atoms with van der Waals surface area (Å²) in [6, 6.07) is 14.4. The molecular weight excluding hydrogens is 352 g/mol. The third-order valence-corrected chi connectivity index (χ3v) is 5.05. The molecule has 0 unspecified atom stereocenters. The molecule has 0 aliphatic heterocycles. The van der Waals surface area contributed by atoms with Crippen LogP contribution < -0.4 is 0 Å². The van der Waals surface area contributed by atoms with E-state index in [1.165, 1.54) is 17.8 Å². The van der Waals surface area contributed by atoms with Crippen LogP contribution in [-0.2, 0) is 0 Å². The van der Waals surface area contributed by atoms with Crippen molar-refractivity contribution < 1.29 is 9.34 Å². The lowest BCUT2D eigenvalue weighted by Gasteiger charge is -2.08. The van der Waals surface area contributed by atoms with Gasteiger partial charge in [-0.05, 0) is 18.6 Å². The largest absolute Gasteiger partial charge is 0.411 e. The highest BCUT2D eigenvalue weighted by Crippen LogP contribution is 2.37. The van der Waals surface area contributed by atoms with Crippen molar-refractivity contribution in [1.82, 2.24) is 15.2 Å². The standard InChI is InChI=1S/C18H14N4O3S/c1-11(12-5-4-6-13(9-12)22(23)24)26-18-21-20-17(25-18)15-10-19-16-8-3-2-7-14(15)16/h2-11,19H,1H3/t11-/m0/s1. The van der Waals surface area contributed by atoms with Crippen molar-refractivity contribution in [1.29, 1.82) is 0 Å². The van der Waals surface area contributed by atoms with Crippen molar-refractivity contribution in [2.45, 2.75) is 17.4 Å². The van der Waals surface area contributed by atoms with E-state index in [0.717, 1.165) is 22.0 Å². The second-order valence-electron chi connectivity index (χ2n) is 5.73. The van der Waals surface area contributed by atoms with Crippen molar-refractivity contribution in [3.8, 4) is 11.5 Å². The Morgan fingerprint density at radius 3 is 2.88 bits per heavy atom. The molecule has 0 aliphatic carbocycles. The van der Waals surface area contributed by atoms with Crippen LogP contribution in [-0.4, -0.2) is 20.1 Å². The number of nitro groups is 1. The Labute approximate surface area is 152 Å². The molecule has 0 bridgehead atoms. The third kappa shape index (κ3) is 3.06. The van der Waals surface area contributed by atoms with Gasteiger partial charge in [-0.2, -0.15) is 0 Å². The maximum absolute atomic E-state index is 10.9. The number of thioether (sulfide) groups is 1. The number of benzene rings is 2. The zero-order valence-corrected chi connectivity index (χ0v) is 14.6. The summed E-state index contributed by atoms with van der Waals surface area (Å²) >= 11 is 1.37. The first-order chi connectivity index (χ1) is 12.6. The number of hydrogen-bond acceptors (Lipinski definition) is 6. The van der Waals surface area contributed by atoms with Gasteiger partial charge >= 0.3 is 0 Å². The van der Waals surface area contributed by atoms with Crippen LogP contribution in [0.5, 0.6) is 0 Å². The van der Waals surface area contributed by atoms with Gasteiger partial charge in [-0.25, -0.2) is 0 Å². The van der Waals surface area contributed by atoms with Gasteiger partial charge in [-0.15, -0.1) is 10.2 Å². The molecule has 0 saturated heterocycles. The Bertz CT molecular complexity index is 1090. The summed E-state index contributed by atoms with van der Waals surface area (Å²) in [6.07, 6.45) is 1.84. The highest BCUT2D eigenvalue weighted by Gasteiger charge is 2.17. The lowest BCUT2D eigenvalue weighted by Crippen LogP contribution is -1.92. The Hall–Kier alpha value is -3.13. The quantitative estimate of drug-likeness (QED) is 0.304. The van der Waals surface area contributed by atoms with Crippen molar-refractivity contribution in [2.75, 3.05) is 0 Å². The van der Waals surface area contributed by atoms with E-state index in [4.69, 9.17) is 4.42 Å². The Morgan fingerprint density at radius 2 is 2.04 bits per heavy atom. The van der Waals surface area contributed by atoms with Crippen LogP contribution in [0.15, 0.2) is 64.4 Å². The van der Waals surface area contributed by atoms with E-state index in [1.807, 2.05) is 43.5 Å².